The lowest BCUT2D eigenvalue weighted by Crippen LogP contribution is -2.21. The van der Waals surface area contributed by atoms with Crippen molar-refractivity contribution in [3.8, 4) is 0 Å². The molecule has 2 saturated heterocycles. The topological polar surface area (TPSA) is 98.8 Å². The normalized spacial score (nSPS) is 16.6. The molecular formula is C27H32N4O4S2. The fraction of sp³-hybridized carbons (Fsp3) is 0.259. The molecule has 2 N–H and O–H groups in total. The number of anilines is 2. The Morgan fingerprint density at radius 3 is 1.35 bits per heavy atom. The van der Waals surface area contributed by atoms with Gasteiger partial charge in [0.15, 0.2) is 0 Å². The molecule has 2 aliphatic rings. The zero-order chi connectivity index (χ0) is 26.2. The number of amides is 4. The molecule has 2 fully saturated rings. The first kappa shape index (κ1) is 29.7. The Hall–Kier alpha value is -3.50. The number of hydrogen-bond acceptors (Lipinski definition) is 8. The van der Waals surface area contributed by atoms with E-state index in [2.05, 4.69) is 29.4 Å². The van der Waals surface area contributed by atoms with Crippen molar-refractivity contribution < 1.29 is 19.2 Å². The van der Waals surface area contributed by atoms with Crippen molar-refractivity contribution in [3.63, 3.8) is 0 Å². The predicted octanol–water partition coefficient (Wildman–Crippen LogP) is 5.57. The van der Waals surface area contributed by atoms with Crippen LogP contribution in [0.15, 0.2) is 58.3 Å². The molecule has 0 radical (unpaired) electrons. The van der Waals surface area contributed by atoms with Crippen LogP contribution in [0, 0.1) is 0 Å². The van der Waals surface area contributed by atoms with Crippen LogP contribution in [0.1, 0.15) is 32.4 Å². The molecule has 196 valence electrons. The Morgan fingerprint density at radius 1 is 0.676 bits per heavy atom. The molecular weight excluding hydrogens is 508 g/mol. The largest absolute Gasteiger partial charge is 0.378 e. The van der Waals surface area contributed by atoms with Gasteiger partial charge in [0.1, 0.15) is 0 Å². The summed E-state index contributed by atoms with van der Waals surface area (Å²) >= 11 is 1.87. The molecule has 0 spiro atoms. The molecule has 0 aliphatic carbocycles. The highest BCUT2D eigenvalue weighted by Crippen LogP contribution is 2.27. The number of nitrogens with zero attached hydrogens (tertiary/aromatic N) is 2. The van der Waals surface area contributed by atoms with Gasteiger partial charge in [0.05, 0.1) is 9.81 Å². The average molecular weight is 541 g/mol. The summed E-state index contributed by atoms with van der Waals surface area (Å²) in [4.78, 5) is 49.9. The van der Waals surface area contributed by atoms with E-state index in [1.807, 2.05) is 67.5 Å². The Kier molecular flexibility index (Phi) is 11.0. The SMILES string of the molecule is C.CCN(CC)c1ccc(/C=C2\SC(=O)NC2=O)cc1.CN(C)c1ccc(/C=C2\SC(=O)NC2=O)cc1. The summed E-state index contributed by atoms with van der Waals surface area (Å²) in [7, 11) is 3.93. The summed E-state index contributed by atoms with van der Waals surface area (Å²) in [6, 6.07) is 15.7. The third kappa shape index (κ3) is 8.26. The van der Waals surface area contributed by atoms with Crippen LogP contribution in [0.4, 0.5) is 21.0 Å². The molecule has 10 heteroatoms. The number of rotatable bonds is 6. The minimum absolute atomic E-state index is 0. The summed E-state index contributed by atoms with van der Waals surface area (Å²) in [6.07, 6.45) is 3.45. The number of imide groups is 2. The maximum atomic E-state index is 11.4. The highest BCUT2D eigenvalue weighted by molar-refractivity contribution is 8.18. The molecule has 2 aromatic rings. The van der Waals surface area contributed by atoms with Crippen molar-refractivity contribution in [2.45, 2.75) is 21.3 Å². The number of carbonyl (C=O) groups is 4. The van der Waals surface area contributed by atoms with Crippen molar-refractivity contribution >= 4 is 69.3 Å². The standard InChI is InChI=1S/C14H16N2O2S.C12H12N2O2S.CH4/c1-3-16(4-2)11-7-5-10(6-8-11)9-12-13(17)15-14(18)19-12;1-14(2)9-5-3-8(4-6-9)7-10-11(15)13-12(16)17-10;/h5-9H,3-4H2,1-2H3,(H,15,17,18);3-7H,1-2H3,(H,13,15,16);1H4/b12-9-;10-7-;. The molecule has 0 aromatic heterocycles. The van der Waals surface area contributed by atoms with Crippen molar-refractivity contribution in [2.24, 2.45) is 0 Å². The number of hydrogen-bond donors (Lipinski definition) is 2. The molecule has 0 atom stereocenters. The monoisotopic (exact) mass is 540 g/mol. The van der Waals surface area contributed by atoms with Crippen LogP contribution in [0.25, 0.3) is 12.2 Å². The fourth-order valence-electron chi connectivity index (χ4n) is 3.38. The van der Waals surface area contributed by atoms with Gasteiger partial charge in [-0.2, -0.15) is 0 Å². The number of thioether (sulfide) groups is 2. The second-order valence-corrected chi connectivity index (χ2v) is 9.98. The summed E-state index contributed by atoms with van der Waals surface area (Å²) in [6.45, 7) is 6.16. The van der Waals surface area contributed by atoms with Crippen LogP contribution in [0.5, 0.6) is 0 Å². The van der Waals surface area contributed by atoms with E-state index < -0.39 is 0 Å². The number of benzene rings is 2. The second kappa shape index (κ2) is 13.7. The van der Waals surface area contributed by atoms with Gasteiger partial charge in [-0.05, 0) is 84.9 Å². The van der Waals surface area contributed by atoms with Crippen molar-refractivity contribution in [1.82, 2.24) is 10.6 Å². The lowest BCUT2D eigenvalue weighted by atomic mass is 10.2. The average Bonchev–Trinajstić information content (AvgIpc) is 3.34. The van der Waals surface area contributed by atoms with Gasteiger partial charge in [0.25, 0.3) is 22.3 Å². The molecule has 0 bridgehead atoms. The van der Waals surface area contributed by atoms with Crippen molar-refractivity contribution in [2.75, 3.05) is 37.0 Å². The van der Waals surface area contributed by atoms with Gasteiger partial charge in [-0.25, -0.2) is 0 Å². The summed E-state index contributed by atoms with van der Waals surface area (Å²) in [5, 5.41) is 3.85. The first-order chi connectivity index (χ1) is 17.2. The van der Waals surface area contributed by atoms with Gasteiger partial charge in [-0.15, -0.1) is 0 Å². The van der Waals surface area contributed by atoms with Crippen LogP contribution in [0.2, 0.25) is 0 Å². The first-order valence-electron chi connectivity index (χ1n) is 11.3. The quantitative estimate of drug-likeness (QED) is 0.459. The van der Waals surface area contributed by atoms with Gasteiger partial charge in [-0.1, -0.05) is 31.7 Å². The van der Waals surface area contributed by atoms with Gasteiger partial charge >= 0.3 is 0 Å². The lowest BCUT2D eigenvalue weighted by Gasteiger charge is -2.20. The first-order valence-corrected chi connectivity index (χ1v) is 13.0. The van der Waals surface area contributed by atoms with Gasteiger partial charge in [0, 0.05) is 38.6 Å². The van der Waals surface area contributed by atoms with Crippen molar-refractivity contribution in [3.05, 3.63) is 69.5 Å². The number of nitrogens with one attached hydrogen (secondary N) is 2. The second-order valence-electron chi connectivity index (χ2n) is 7.95. The van der Waals surface area contributed by atoms with Gasteiger partial charge < -0.3 is 9.80 Å². The minimum Gasteiger partial charge on any atom is -0.378 e. The van der Waals surface area contributed by atoms with Crippen LogP contribution >= 0.6 is 23.5 Å². The highest BCUT2D eigenvalue weighted by Gasteiger charge is 2.25. The molecule has 2 aromatic carbocycles. The molecule has 2 aliphatic heterocycles. The Morgan fingerprint density at radius 2 is 1.05 bits per heavy atom. The zero-order valence-electron chi connectivity index (χ0n) is 20.5. The van der Waals surface area contributed by atoms with E-state index in [1.165, 1.54) is 0 Å². The van der Waals surface area contributed by atoms with Crippen LogP contribution in [-0.2, 0) is 9.59 Å². The minimum atomic E-state index is -0.323. The molecule has 37 heavy (non-hydrogen) atoms. The van der Waals surface area contributed by atoms with Gasteiger partial charge in [-0.3, -0.25) is 29.8 Å². The molecule has 2 heterocycles. The Labute approximate surface area is 226 Å². The van der Waals surface area contributed by atoms with E-state index in [4.69, 9.17) is 0 Å². The van der Waals surface area contributed by atoms with E-state index >= 15 is 0 Å². The molecule has 8 nitrogen and oxygen atoms in total. The van der Waals surface area contributed by atoms with Gasteiger partial charge in [0.2, 0.25) is 0 Å². The Balaban J connectivity index is 0.000000255. The van der Waals surface area contributed by atoms with E-state index in [1.54, 1.807) is 12.2 Å². The maximum absolute atomic E-state index is 11.4. The van der Waals surface area contributed by atoms with Crippen LogP contribution < -0.4 is 20.4 Å². The number of carbonyl (C=O) groups excluding carboxylic acids is 4. The third-order valence-corrected chi connectivity index (χ3v) is 6.93. The molecule has 4 amide bonds. The summed E-state index contributed by atoms with van der Waals surface area (Å²) in [5.74, 6) is -0.639. The predicted molar refractivity (Wildman–Crippen MR) is 156 cm³/mol. The maximum Gasteiger partial charge on any atom is 0.290 e. The molecule has 0 unspecified atom stereocenters. The van der Waals surface area contributed by atoms with Crippen LogP contribution in [-0.4, -0.2) is 49.5 Å². The van der Waals surface area contributed by atoms with Crippen LogP contribution in [0.3, 0.4) is 0 Å². The van der Waals surface area contributed by atoms with E-state index in [0.29, 0.717) is 9.81 Å². The van der Waals surface area contributed by atoms with E-state index in [9.17, 15) is 19.2 Å². The smallest absolute Gasteiger partial charge is 0.290 e. The summed E-state index contributed by atoms with van der Waals surface area (Å²) < 4.78 is 0. The molecule has 4 rings (SSSR count). The Bertz CT molecular complexity index is 1200. The lowest BCUT2D eigenvalue weighted by molar-refractivity contribution is -0.116. The third-order valence-electron chi connectivity index (χ3n) is 5.31. The van der Waals surface area contributed by atoms with E-state index in [0.717, 1.165) is 59.1 Å². The zero-order valence-corrected chi connectivity index (χ0v) is 22.2. The molecule has 0 saturated carbocycles. The van der Waals surface area contributed by atoms with E-state index in [-0.39, 0.29) is 29.7 Å². The highest BCUT2D eigenvalue weighted by atomic mass is 32.2. The fourth-order valence-corrected chi connectivity index (χ4v) is 4.75. The van der Waals surface area contributed by atoms with Crippen molar-refractivity contribution in [1.29, 1.82) is 0 Å². The summed E-state index contributed by atoms with van der Waals surface area (Å²) in [5.41, 5.74) is 4.07.